The average Bonchev–Trinajstić information content (AvgIpc) is 2.21. The monoisotopic (exact) mass is 231 g/mol. The van der Waals surface area contributed by atoms with Gasteiger partial charge in [0.15, 0.2) is 0 Å². The summed E-state index contributed by atoms with van der Waals surface area (Å²) < 4.78 is 29.4. The lowest BCUT2D eigenvalue weighted by molar-refractivity contribution is 0.0527. The van der Waals surface area contributed by atoms with E-state index < -0.39 is 18.1 Å². The highest BCUT2D eigenvalue weighted by molar-refractivity contribution is 5.97. The number of carbonyl (C=O) groups is 1. The average molecular weight is 231 g/mol. The van der Waals surface area contributed by atoms with Gasteiger partial charge in [0, 0.05) is 0 Å². The summed E-state index contributed by atoms with van der Waals surface area (Å²) in [6.07, 6.45) is -2.82. The molecule has 0 bridgehead atoms. The van der Waals surface area contributed by atoms with Crippen molar-refractivity contribution in [3.8, 4) is 0 Å². The van der Waals surface area contributed by atoms with E-state index in [9.17, 15) is 13.6 Å². The third-order valence-corrected chi connectivity index (χ3v) is 1.83. The van der Waals surface area contributed by atoms with Crippen molar-refractivity contribution >= 4 is 17.5 Å². The third-order valence-electron chi connectivity index (χ3n) is 1.83. The number of hydrogen-bond acceptors (Lipinski definition) is 5. The quantitative estimate of drug-likeness (QED) is 0.766. The smallest absolute Gasteiger partial charge is 0.340 e. The minimum Gasteiger partial charge on any atom is -0.462 e. The Hall–Kier alpha value is -1.92. The molecular weight excluding hydrogens is 220 g/mol. The number of pyridine rings is 1. The zero-order valence-electron chi connectivity index (χ0n) is 8.54. The van der Waals surface area contributed by atoms with E-state index in [-0.39, 0.29) is 23.7 Å². The first-order valence-corrected chi connectivity index (χ1v) is 4.48. The zero-order chi connectivity index (χ0) is 12.3. The van der Waals surface area contributed by atoms with Gasteiger partial charge in [-0.25, -0.2) is 18.6 Å². The van der Waals surface area contributed by atoms with Crippen LogP contribution in [0.4, 0.5) is 20.3 Å². The first-order chi connectivity index (χ1) is 7.47. The fraction of sp³-hybridized carbons (Fsp3) is 0.333. The summed E-state index contributed by atoms with van der Waals surface area (Å²) in [5, 5.41) is 0. The second-order valence-corrected chi connectivity index (χ2v) is 2.91. The molecule has 0 aliphatic heterocycles. The lowest BCUT2D eigenvalue weighted by Gasteiger charge is -2.09. The van der Waals surface area contributed by atoms with Crippen LogP contribution in [0, 0.1) is 0 Å². The Morgan fingerprint density at radius 2 is 2.19 bits per heavy atom. The van der Waals surface area contributed by atoms with E-state index in [0.717, 1.165) is 6.07 Å². The molecule has 0 radical (unpaired) electrons. The Morgan fingerprint density at radius 1 is 1.56 bits per heavy atom. The van der Waals surface area contributed by atoms with Gasteiger partial charge in [0.2, 0.25) is 0 Å². The van der Waals surface area contributed by atoms with Crippen LogP contribution in [0.5, 0.6) is 0 Å². The normalized spacial score (nSPS) is 10.5. The van der Waals surface area contributed by atoms with Gasteiger partial charge in [-0.05, 0) is 13.0 Å². The molecule has 0 aliphatic carbocycles. The van der Waals surface area contributed by atoms with E-state index in [1.54, 1.807) is 6.92 Å². The Morgan fingerprint density at radius 3 is 2.69 bits per heavy atom. The minimum atomic E-state index is -2.82. The fourth-order valence-corrected chi connectivity index (χ4v) is 1.08. The van der Waals surface area contributed by atoms with Crippen LogP contribution < -0.4 is 11.5 Å². The number of aromatic nitrogens is 1. The van der Waals surface area contributed by atoms with Gasteiger partial charge in [0.1, 0.15) is 11.5 Å². The topological polar surface area (TPSA) is 91.2 Å². The lowest BCUT2D eigenvalue weighted by Crippen LogP contribution is -2.12. The molecule has 0 spiro atoms. The van der Waals surface area contributed by atoms with Crippen LogP contribution in [0.3, 0.4) is 0 Å². The Kier molecular flexibility index (Phi) is 3.60. The number of halogens is 2. The number of carbonyl (C=O) groups excluding carboxylic acids is 1. The van der Waals surface area contributed by atoms with E-state index in [1.807, 2.05) is 0 Å². The summed E-state index contributed by atoms with van der Waals surface area (Å²) in [6.45, 7) is 1.71. The van der Waals surface area contributed by atoms with E-state index in [4.69, 9.17) is 11.5 Å². The third kappa shape index (κ3) is 2.36. The Balaban J connectivity index is 3.21. The largest absolute Gasteiger partial charge is 0.462 e. The van der Waals surface area contributed by atoms with E-state index in [2.05, 4.69) is 9.72 Å². The summed E-state index contributed by atoms with van der Waals surface area (Å²) in [5.41, 5.74) is 9.82. The molecule has 0 atom stereocenters. The molecule has 16 heavy (non-hydrogen) atoms. The van der Waals surface area contributed by atoms with Crippen LogP contribution in [0.1, 0.15) is 29.4 Å². The van der Waals surface area contributed by atoms with Gasteiger partial charge < -0.3 is 16.2 Å². The van der Waals surface area contributed by atoms with Crippen molar-refractivity contribution in [3.63, 3.8) is 0 Å². The molecule has 88 valence electrons. The Labute approximate surface area is 90.4 Å². The maximum atomic E-state index is 12.4. The van der Waals surface area contributed by atoms with Gasteiger partial charge in [-0.1, -0.05) is 0 Å². The van der Waals surface area contributed by atoms with Gasteiger partial charge in [-0.2, -0.15) is 0 Å². The number of hydrogen-bond donors (Lipinski definition) is 2. The summed E-state index contributed by atoms with van der Waals surface area (Å²) >= 11 is 0. The fourth-order valence-electron chi connectivity index (χ4n) is 1.08. The van der Waals surface area contributed by atoms with Gasteiger partial charge in [-0.15, -0.1) is 0 Å². The van der Waals surface area contributed by atoms with Crippen LogP contribution in [0.25, 0.3) is 0 Å². The highest BCUT2D eigenvalue weighted by Gasteiger charge is 2.19. The minimum absolute atomic E-state index is 0.116. The number of nitrogens with zero attached hydrogens (tertiary/aromatic N) is 1. The number of nitrogens with two attached hydrogens (primary N) is 2. The van der Waals surface area contributed by atoms with E-state index >= 15 is 0 Å². The maximum Gasteiger partial charge on any atom is 0.340 e. The summed E-state index contributed by atoms with van der Waals surface area (Å²) in [6, 6.07) is 0.883. The second kappa shape index (κ2) is 4.73. The molecule has 4 N–H and O–H groups in total. The molecule has 0 amide bonds. The summed E-state index contributed by atoms with van der Waals surface area (Å²) in [7, 11) is 0. The van der Waals surface area contributed by atoms with Crippen LogP contribution in [-0.2, 0) is 4.74 Å². The molecule has 0 fully saturated rings. The molecule has 5 nitrogen and oxygen atoms in total. The molecule has 0 saturated carbocycles. The summed E-state index contributed by atoms with van der Waals surface area (Å²) in [4.78, 5) is 14.7. The van der Waals surface area contributed by atoms with E-state index in [0.29, 0.717) is 0 Å². The molecule has 1 heterocycles. The van der Waals surface area contributed by atoms with Crippen molar-refractivity contribution in [1.29, 1.82) is 0 Å². The number of alkyl halides is 2. The number of esters is 1. The number of rotatable bonds is 3. The number of anilines is 2. The van der Waals surface area contributed by atoms with Crippen LogP contribution in [0.15, 0.2) is 6.07 Å². The van der Waals surface area contributed by atoms with Crippen molar-refractivity contribution in [2.45, 2.75) is 13.3 Å². The molecular formula is C9H11F2N3O2. The second-order valence-electron chi connectivity index (χ2n) is 2.91. The molecule has 7 heteroatoms. The molecule has 1 rings (SSSR count). The maximum absolute atomic E-state index is 12.4. The summed E-state index contributed by atoms with van der Waals surface area (Å²) in [5.74, 6) is -1.10. The van der Waals surface area contributed by atoms with Crippen molar-refractivity contribution in [3.05, 3.63) is 17.3 Å². The highest BCUT2D eigenvalue weighted by atomic mass is 19.3. The molecule has 1 aromatic heterocycles. The molecule has 0 aromatic carbocycles. The first-order valence-electron chi connectivity index (χ1n) is 4.48. The van der Waals surface area contributed by atoms with Crippen molar-refractivity contribution in [2.75, 3.05) is 18.1 Å². The zero-order valence-corrected chi connectivity index (χ0v) is 8.54. The van der Waals surface area contributed by atoms with Crippen LogP contribution in [0.2, 0.25) is 0 Å². The van der Waals surface area contributed by atoms with Crippen molar-refractivity contribution in [1.82, 2.24) is 4.98 Å². The van der Waals surface area contributed by atoms with Gasteiger partial charge in [0.25, 0.3) is 6.43 Å². The predicted molar refractivity (Wildman–Crippen MR) is 54.0 cm³/mol. The van der Waals surface area contributed by atoms with Crippen molar-refractivity contribution in [2.24, 2.45) is 0 Å². The highest BCUT2D eigenvalue weighted by Crippen LogP contribution is 2.25. The lowest BCUT2D eigenvalue weighted by atomic mass is 10.2. The Bertz CT molecular complexity index is 410. The molecule has 0 saturated heterocycles. The predicted octanol–water partition coefficient (Wildman–Crippen LogP) is 1.36. The number of nitrogen functional groups attached to an aromatic ring is 2. The first kappa shape index (κ1) is 12.2. The van der Waals surface area contributed by atoms with Crippen LogP contribution in [-0.4, -0.2) is 17.6 Å². The SMILES string of the molecule is CCOC(=O)c1cc(C(F)F)nc(N)c1N. The van der Waals surface area contributed by atoms with Gasteiger partial charge in [-0.3, -0.25) is 0 Å². The van der Waals surface area contributed by atoms with Crippen molar-refractivity contribution < 1.29 is 18.3 Å². The van der Waals surface area contributed by atoms with Gasteiger partial charge in [0.05, 0.1) is 17.9 Å². The molecule has 0 aliphatic rings. The standard InChI is InChI=1S/C9H11F2N3O2/c1-2-16-9(15)4-3-5(7(10)11)14-8(13)6(4)12/h3,7H,2,12H2,1H3,(H2,13,14). The molecule has 1 aromatic rings. The molecule has 0 unspecified atom stereocenters. The van der Waals surface area contributed by atoms with Crippen LogP contribution >= 0.6 is 0 Å². The van der Waals surface area contributed by atoms with Gasteiger partial charge >= 0.3 is 5.97 Å². The number of ether oxygens (including phenoxy) is 1. The van der Waals surface area contributed by atoms with E-state index in [1.165, 1.54) is 0 Å².